The van der Waals surface area contributed by atoms with Crippen LogP contribution in [0.25, 0.3) is 0 Å². The van der Waals surface area contributed by atoms with Crippen molar-refractivity contribution in [2.75, 3.05) is 18.2 Å². The highest BCUT2D eigenvalue weighted by molar-refractivity contribution is 7.99. The molecule has 0 aliphatic carbocycles. The molecule has 0 saturated heterocycles. The number of phenols is 1. The summed E-state index contributed by atoms with van der Waals surface area (Å²) >= 11 is 1.34. The highest BCUT2D eigenvalue weighted by Gasteiger charge is 2.32. The minimum absolute atomic E-state index is 0.00825. The number of ether oxygens (including phenoxy) is 1. The van der Waals surface area contributed by atoms with Crippen molar-refractivity contribution in [3.63, 3.8) is 0 Å². The number of anilines is 1. The van der Waals surface area contributed by atoms with E-state index in [1.165, 1.54) is 24.9 Å². The first-order valence-electron chi connectivity index (χ1n) is 7.73. The second kappa shape index (κ2) is 7.20. The Morgan fingerprint density at radius 2 is 2.32 bits per heavy atom. The van der Waals surface area contributed by atoms with Crippen molar-refractivity contribution in [3.8, 4) is 11.5 Å². The Labute approximate surface area is 148 Å². The summed E-state index contributed by atoms with van der Waals surface area (Å²) < 4.78 is 5.09. The van der Waals surface area contributed by atoms with Gasteiger partial charge in [0.2, 0.25) is 0 Å². The van der Waals surface area contributed by atoms with Crippen LogP contribution in [-0.4, -0.2) is 39.3 Å². The number of aromatic hydroxyl groups is 1. The average Bonchev–Trinajstić information content (AvgIpc) is 2.58. The number of H-pyrrole nitrogens is 1. The number of hydrogen-bond donors (Lipinski definition) is 4. The Hall–Kier alpha value is -2.45. The van der Waals surface area contributed by atoms with E-state index < -0.39 is 12.1 Å². The van der Waals surface area contributed by atoms with Gasteiger partial charge in [0.15, 0.2) is 5.16 Å². The van der Waals surface area contributed by atoms with Crippen molar-refractivity contribution >= 4 is 17.6 Å². The van der Waals surface area contributed by atoms with Crippen molar-refractivity contribution in [2.24, 2.45) is 0 Å². The molecular formula is C17H19N3O4S. The molecule has 0 bridgehead atoms. The van der Waals surface area contributed by atoms with Gasteiger partial charge in [-0.1, -0.05) is 23.9 Å². The van der Waals surface area contributed by atoms with Gasteiger partial charge in [-0.05, 0) is 6.07 Å². The summed E-state index contributed by atoms with van der Waals surface area (Å²) in [6.07, 6.45) is 1.09. The number of fused-ring (bicyclic) bond motifs is 1. The first kappa shape index (κ1) is 17.4. The topological polar surface area (TPSA) is 107 Å². The molecule has 0 fully saturated rings. The second-order valence-corrected chi connectivity index (χ2v) is 6.61. The van der Waals surface area contributed by atoms with Gasteiger partial charge in [0.25, 0.3) is 5.56 Å². The van der Waals surface area contributed by atoms with Crippen LogP contribution >= 0.6 is 11.8 Å². The van der Waals surface area contributed by atoms with Crippen LogP contribution in [0.15, 0.2) is 40.8 Å². The van der Waals surface area contributed by atoms with Gasteiger partial charge in [-0.2, -0.15) is 0 Å². The van der Waals surface area contributed by atoms with Crippen molar-refractivity contribution in [1.82, 2.24) is 9.97 Å². The molecule has 132 valence electrons. The minimum atomic E-state index is -0.870. The van der Waals surface area contributed by atoms with Gasteiger partial charge in [-0.15, -0.1) is 6.58 Å². The molecule has 3 rings (SSSR count). The summed E-state index contributed by atoms with van der Waals surface area (Å²) in [6, 6.07) is 4.89. The normalized spacial score (nSPS) is 19.0. The Kier molecular flexibility index (Phi) is 5.00. The molecule has 1 aliphatic heterocycles. The van der Waals surface area contributed by atoms with Crippen molar-refractivity contribution in [1.29, 1.82) is 0 Å². The van der Waals surface area contributed by atoms with Crippen molar-refractivity contribution < 1.29 is 14.9 Å². The molecule has 7 nitrogen and oxygen atoms in total. The zero-order valence-corrected chi connectivity index (χ0v) is 14.5. The third-order valence-electron chi connectivity index (χ3n) is 4.00. The summed E-state index contributed by atoms with van der Waals surface area (Å²) in [5.41, 5.74) is 0.645. The molecule has 1 aliphatic rings. The predicted octanol–water partition coefficient (Wildman–Crippen LogP) is 2.03. The highest BCUT2D eigenvalue weighted by Crippen LogP contribution is 2.40. The van der Waals surface area contributed by atoms with Crippen LogP contribution in [0.1, 0.15) is 23.5 Å². The highest BCUT2D eigenvalue weighted by atomic mass is 32.2. The zero-order chi connectivity index (χ0) is 18.0. The average molecular weight is 361 g/mol. The van der Waals surface area contributed by atoms with Gasteiger partial charge in [-0.3, -0.25) is 4.79 Å². The zero-order valence-electron chi connectivity index (χ0n) is 13.7. The van der Waals surface area contributed by atoms with E-state index in [9.17, 15) is 15.0 Å². The summed E-state index contributed by atoms with van der Waals surface area (Å²) in [7, 11) is 1.51. The van der Waals surface area contributed by atoms with Crippen molar-refractivity contribution in [3.05, 3.63) is 52.3 Å². The second-order valence-electron chi connectivity index (χ2n) is 5.61. The molecule has 2 unspecified atom stereocenters. The molecule has 2 heterocycles. The lowest BCUT2D eigenvalue weighted by Crippen LogP contribution is -2.34. The lowest BCUT2D eigenvalue weighted by Gasteiger charge is -2.29. The van der Waals surface area contributed by atoms with Crippen LogP contribution in [0, 0.1) is 0 Å². The number of phenolic OH excluding ortho intramolecular Hbond substituents is 1. The Morgan fingerprint density at radius 3 is 3.00 bits per heavy atom. The fourth-order valence-corrected chi connectivity index (χ4v) is 3.48. The molecule has 2 atom stereocenters. The third-order valence-corrected chi connectivity index (χ3v) is 4.86. The van der Waals surface area contributed by atoms with Gasteiger partial charge in [0, 0.05) is 29.7 Å². The molecule has 0 radical (unpaired) electrons. The Balaban J connectivity index is 2.07. The molecular weight excluding hydrogens is 342 g/mol. The number of nitrogens with one attached hydrogen (secondary N) is 2. The number of aromatic nitrogens is 2. The molecule has 2 aromatic rings. The molecule has 25 heavy (non-hydrogen) atoms. The van der Waals surface area contributed by atoms with Gasteiger partial charge in [0.05, 0.1) is 12.7 Å². The van der Waals surface area contributed by atoms with E-state index in [0.29, 0.717) is 33.6 Å². The summed E-state index contributed by atoms with van der Waals surface area (Å²) in [4.78, 5) is 19.7. The van der Waals surface area contributed by atoms with E-state index in [2.05, 4.69) is 21.9 Å². The van der Waals surface area contributed by atoms with Crippen LogP contribution < -0.4 is 15.6 Å². The van der Waals surface area contributed by atoms with Crippen LogP contribution in [0.4, 0.5) is 5.82 Å². The quantitative estimate of drug-likeness (QED) is 0.367. The predicted molar refractivity (Wildman–Crippen MR) is 96.5 cm³/mol. The lowest BCUT2D eigenvalue weighted by atomic mass is 9.86. The monoisotopic (exact) mass is 361 g/mol. The van der Waals surface area contributed by atoms with Gasteiger partial charge in [-0.25, -0.2) is 4.98 Å². The fourth-order valence-electron chi connectivity index (χ4n) is 2.89. The van der Waals surface area contributed by atoms with E-state index in [4.69, 9.17) is 4.74 Å². The largest absolute Gasteiger partial charge is 0.508 e. The first-order chi connectivity index (χ1) is 12.0. The molecule has 0 amide bonds. The number of methoxy groups -OCH3 is 1. The summed E-state index contributed by atoms with van der Waals surface area (Å²) in [5.74, 6) is 0.974. The van der Waals surface area contributed by atoms with Gasteiger partial charge < -0.3 is 25.3 Å². The van der Waals surface area contributed by atoms with E-state index in [1.807, 2.05) is 0 Å². The maximum atomic E-state index is 12.6. The molecule has 4 N–H and O–H groups in total. The van der Waals surface area contributed by atoms with Crippen LogP contribution in [0.2, 0.25) is 0 Å². The number of benzene rings is 1. The lowest BCUT2D eigenvalue weighted by molar-refractivity contribution is 0.180. The number of aromatic amines is 1. The summed E-state index contributed by atoms with van der Waals surface area (Å²) in [5, 5.41) is 23.7. The number of hydrogen-bond acceptors (Lipinski definition) is 7. The van der Waals surface area contributed by atoms with Crippen LogP contribution in [0.3, 0.4) is 0 Å². The maximum Gasteiger partial charge on any atom is 0.257 e. The minimum Gasteiger partial charge on any atom is -0.508 e. The molecule has 1 aromatic carbocycles. The van der Waals surface area contributed by atoms with E-state index in [-0.39, 0.29) is 17.7 Å². The summed E-state index contributed by atoms with van der Waals surface area (Å²) in [6.45, 7) is 3.64. The van der Waals surface area contributed by atoms with E-state index in [0.717, 1.165) is 0 Å². The number of aliphatic hydroxyl groups excluding tert-OH is 1. The molecule has 0 spiro atoms. The van der Waals surface area contributed by atoms with Crippen molar-refractivity contribution in [2.45, 2.75) is 23.7 Å². The number of nitrogens with zero attached hydrogens (tertiary/aromatic N) is 1. The smallest absolute Gasteiger partial charge is 0.257 e. The van der Waals surface area contributed by atoms with Crippen LogP contribution in [-0.2, 0) is 0 Å². The third kappa shape index (κ3) is 3.49. The SMILES string of the molecule is C=CCSc1nc2c(c(=O)[nH]1)C(c1ccc(OC)cc1O)CC(O)N2. The number of aliphatic hydroxyl groups is 1. The molecule has 0 saturated carbocycles. The standard InChI is InChI=1S/C17H19N3O4S/c1-3-6-25-17-19-15-14(16(23)20-17)11(8-13(22)18-15)10-5-4-9(24-2)7-12(10)21/h3-5,7,11,13,21-22H,1,6,8H2,2H3,(H2,18,19,20,23). The number of thioether (sulfide) groups is 1. The van der Waals surface area contributed by atoms with E-state index in [1.54, 1.807) is 18.2 Å². The Morgan fingerprint density at radius 1 is 1.52 bits per heavy atom. The fraction of sp³-hybridized carbons (Fsp3) is 0.294. The van der Waals surface area contributed by atoms with Gasteiger partial charge >= 0.3 is 0 Å². The number of rotatable bonds is 5. The Bertz CT molecular complexity index is 852. The maximum absolute atomic E-state index is 12.6. The van der Waals surface area contributed by atoms with Gasteiger partial charge in [0.1, 0.15) is 23.5 Å². The first-order valence-corrected chi connectivity index (χ1v) is 8.71. The van der Waals surface area contributed by atoms with Crippen LogP contribution in [0.5, 0.6) is 11.5 Å². The molecule has 8 heteroatoms. The molecule has 1 aromatic heterocycles. The van der Waals surface area contributed by atoms with E-state index >= 15 is 0 Å².